The Labute approximate surface area is 277 Å². The van der Waals surface area contributed by atoms with E-state index < -0.39 is 0 Å². The Morgan fingerprint density at radius 1 is 0.208 bits per heavy atom. The first-order chi connectivity index (χ1) is 23.8. The summed E-state index contributed by atoms with van der Waals surface area (Å²) < 4.78 is 0. The third kappa shape index (κ3) is 3.44. The van der Waals surface area contributed by atoms with Gasteiger partial charge in [-0.1, -0.05) is 164 Å². The number of hydrogen-bond acceptors (Lipinski definition) is 0. The van der Waals surface area contributed by atoms with Crippen LogP contribution in [0, 0.1) is 0 Å². The smallest absolute Gasteiger partial charge is 0.00199 e. The van der Waals surface area contributed by atoms with Crippen molar-refractivity contribution in [3.8, 4) is 22.3 Å². The number of hydrogen-bond donors (Lipinski definition) is 0. The molecule has 11 aromatic carbocycles. The van der Waals surface area contributed by atoms with Gasteiger partial charge in [0.05, 0.1) is 0 Å². The molecular formula is C48H28. The van der Waals surface area contributed by atoms with Gasteiger partial charge in [0.25, 0.3) is 0 Å². The van der Waals surface area contributed by atoms with Crippen LogP contribution >= 0.6 is 0 Å². The molecule has 220 valence electrons. The summed E-state index contributed by atoms with van der Waals surface area (Å²) in [5.41, 5.74) is 5.17. The monoisotopic (exact) mass is 604 g/mol. The zero-order valence-corrected chi connectivity index (χ0v) is 26.2. The van der Waals surface area contributed by atoms with E-state index in [0.29, 0.717) is 0 Å². The standard InChI is InChI=1S/C48H28/c1-2-13-33-29(10-1)22-25-36-34-14-3-4-15-35(34)44(28-43(33)36)48-39-18-7-5-16-37(39)47(38-17-6-8-19-40(38)48)42-27-24-32-21-20-30-11-9-12-31-23-26-41(42)46(32)45(30)31/h1-28H. The van der Waals surface area contributed by atoms with Gasteiger partial charge in [0.2, 0.25) is 0 Å². The summed E-state index contributed by atoms with van der Waals surface area (Å²) in [4.78, 5) is 0. The molecule has 0 saturated carbocycles. The number of fused-ring (bicyclic) bond motifs is 7. The number of rotatable bonds is 2. The Kier molecular flexibility index (Phi) is 5.20. The van der Waals surface area contributed by atoms with Crippen molar-refractivity contribution in [2.24, 2.45) is 0 Å². The second kappa shape index (κ2) is 9.64. The molecule has 48 heavy (non-hydrogen) atoms. The highest BCUT2D eigenvalue weighted by Gasteiger charge is 2.21. The van der Waals surface area contributed by atoms with Crippen LogP contribution in [0.5, 0.6) is 0 Å². The molecule has 11 rings (SSSR count). The van der Waals surface area contributed by atoms with Gasteiger partial charge in [-0.25, -0.2) is 0 Å². The van der Waals surface area contributed by atoms with E-state index in [1.165, 1.54) is 108 Å². The zero-order chi connectivity index (χ0) is 31.3. The highest BCUT2D eigenvalue weighted by Crippen LogP contribution is 2.49. The summed E-state index contributed by atoms with van der Waals surface area (Å²) in [6.07, 6.45) is 0. The van der Waals surface area contributed by atoms with Gasteiger partial charge < -0.3 is 0 Å². The Bertz CT molecular complexity index is 3030. The van der Waals surface area contributed by atoms with Crippen LogP contribution in [0.2, 0.25) is 0 Å². The second-order valence-corrected chi connectivity index (χ2v) is 13.2. The summed E-state index contributed by atoms with van der Waals surface area (Å²) >= 11 is 0. The number of benzene rings is 11. The van der Waals surface area contributed by atoms with Gasteiger partial charge in [0, 0.05) is 0 Å². The molecule has 0 fully saturated rings. The molecule has 0 aliphatic rings. The lowest BCUT2D eigenvalue weighted by molar-refractivity contribution is 1.70. The van der Waals surface area contributed by atoms with Crippen LogP contribution in [-0.2, 0) is 0 Å². The van der Waals surface area contributed by atoms with Gasteiger partial charge in [-0.2, -0.15) is 0 Å². The molecule has 0 N–H and O–H groups in total. The van der Waals surface area contributed by atoms with Crippen LogP contribution < -0.4 is 0 Å². The van der Waals surface area contributed by atoms with Crippen LogP contribution in [0.25, 0.3) is 108 Å². The second-order valence-electron chi connectivity index (χ2n) is 13.2. The maximum atomic E-state index is 2.46. The largest absolute Gasteiger partial charge is 0.0616 e. The molecule has 0 aliphatic heterocycles. The van der Waals surface area contributed by atoms with Crippen LogP contribution in [-0.4, -0.2) is 0 Å². The molecule has 0 aliphatic carbocycles. The molecule has 0 spiro atoms. The minimum absolute atomic E-state index is 1.27. The van der Waals surface area contributed by atoms with Crippen molar-refractivity contribution in [3.63, 3.8) is 0 Å². The van der Waals surface area contributed by atoms with E-state index in [2.05, 4.69) is 170 Å². The van der Waals surface area contributed by atoms with Gasteiger partial charge in [-0.05, 0) is 114 Å². The first-order valence-electron chi connectivity index (χ1n) is 16.8. The van der Waals surface area contributed by atoms with Crippen molar-refractivity contribution in [2.75, 3.05) is 0 Å². The van der Waals surface area contributed by atoms with Gasteiger partial charge >= 0.3 is 0 Å². The average Bonchev–Trinajstić information content (AvgIpc) is 3.16. The molecule has 0 heteroatoms. The normalized spacial score (nSPS) is 12.2. The lowest BCUT2D eigenvalue weighted by atomic mass is 9.82. The first-order valence-corrected chi connectivity index (χ1v) is 16.8. The van der Waals surface area contributed by atoms with E-state index in [0.717, 1.165) is 0 Å². The first kappa shape index (κ1) is 25.9. The summed E-state index contributed by atoms with van der Waals surface area (Å²) in [5, 5.41) is 20.7. The highest BCUT2D eigenvalue weighted by atomic mass is 14.2. The molecule has 0 amide bonds. The molecule has 0 heterocycles. The minimum atomic E-state index is 1.27. The summed E-state index contributed by atoms with van der Waals surface area (Å²) in [6, 6.07) is 63.4. The van der Waals surface area contributed by atoms with E-state index in [-0.39, 0.29) is 0 Å². The molecule has 0 nitrogen and oxygen atoms in total. The maximum Gasteiger partial charge on any atom is -0.00199 e. The minimum Gasteiger partial charge on any atom is -0.0616 e. The average molecular weight is 605 g/mol. The lowest BCUT2D eigenvalue weighted by Gasteiger charge is -2.21. The highest BCUT2D eigenvalue weighted by molar-refractivity contribution is 6.31. The third-order valence-electron chi connectivity index (χ3n) is 10.8. The molecule has 0 saturated heterocycles. The van der Waals surface area contributed by atoms with Crippen molar-refractivity contribution in [2.45, 2.75) is 0 Å². The van der Waals surface area contributed by atoms with Crippen molar-refractivity contribution in [1.29, 1.82) is 0 Å². The molecule has 11 aromatic rings. The summed E-state index contributed by atoms with van der Waals surface area (Å²) in [7, 11) is 0. The topological polar surface area (TPSA) is 0 Å². The van der Waals surface area contributed by atoms with E-state index in [1.807, 2.05) is 0 Å². The SMILES string of the molecule is c1ccc2c(c1)ccc1c3ccccc3c(-c3c4ccccc4c(-c4ccc5ccc6cccc7ccc4c5c67)c4ccccc34)cc21. The van der Waals surface area contributed by atoms with Crippen molar-refractivity contribution >= 4 is 86.2 Å². The molecule has 0 bridgehead atoms. The van der Waals surface area contributed by atoms with E-state index >= 15 is 0 Å². The van der Waals surface area contributed by atoms with E-state index in [1.54, 1.807) is 0 Å². The Balaban J connectivity index is 1.32. The fourth-order valence-electron chi connectivity index (χ4n) is 8.73. The van der Waals surface area contributed by atoms with Crippen LogP contribution in [0.1, 0.15) is 0 Å². The fraction of sp³-hybridized carbons (Fsp3) is 0. The zero-order valence-electron chi connectivity index (χ0n) is 26.2. The van der Waals surface area contributed by atoms with E-state index in [4.69, 9.17) is 0 Å². The van der Waals surface area contributed by atoms with Crippen LogP contribution in [0.4, 0.5) is 0 Å². The Morgan fingerprint density at radius 2 is 0.646 bits per heavy atom. The Hall–Kier alpha value is -6.24. The molecular weight excluding hydrogens is 577 g/mol. The van der Waals surface area contributed by atoms with Gasteiger partial charge in [0.1, 0.15) is 0 Å². The van der Waals surface area contributed by atoms with E-state index in [9.17, 15) is 0 Å². The summed E-state index contributed by atoms with van der Waals surface area (Å²) in [6.45, 7) is 0. The summed E-state index contributed by atoms with van der Waals surface area (Å²) in [5.74, 6) is 0. The van der Waals surface area contributed by atoms with Crippen molar-refractivity contribution < 1.29 is 0 Å². The quantitative estimate of drug-likeness (QED) is 0.136. The molecule has 0 radical (unpaired) electrons. The van der Waals surface area contributed by atoms with Crippen LogP contribution in [0.15, 0.2) is 170 Å². The molecule has 0 unspecified atom stereocenters. The lowest BCUT2D eigenvalue weighted by Crippen LogP contribution is -1.93. The predicted octanol–water partition coefficient (Wildman–Crippen LogP) is 13.7. The van der Waals surface area contributed by atoms with Crippen molar-refractivity contribution in [1.82, 2.24) is 0 Å². The fourth-order valence-corrected chi connectivity index (χ4v) is 8.73. The van der Waals surface area contributed by atoms with Gasteiger partial charge in [-0.15, -0.1) is 0 Å². The maximum absolute atomic E-state index is 2.46. The van der Waals surface area contributed by atoms with Gasteiger partial charge in [-0.3, -0.25) is 0 Å². The predicted molar refractivity (Wildman–Crippen MR) is 209 cm³/mol. The van der Waals surface area contributed by atoms with Crippen molar-refractivity contribution in [3.05, 3.63) is 170 Å². The van der Waals surface area contributed by atoms with Gasteiger partial charge in [0.15, 0.2) is 0 Å². The molecule has 0 aromatic heterocycles. The molecule has 0 atom stereocenters. The Morgan fingerprint density at radius 3 is 1.33 bits per heavy atom. The van der Waals surface area contributed by atoms with Crippen LogP contribution in [0.3, 0.4) is 0 Å². The third-order valence-corrected chi connectivity index (χ3v) is 10.8.